The molecule has 0 saturated heterocycles. The van der Waals surface area contributed by atoms with Gasteiger partial charge in [0.1, 0.15) is 11.6 Å². The molecule has 1 aromatic carbocycles. The van der Waals surface area contributed by atoms with Crippen LogP contribution in [0, 0.1) is 5.82 Å². The number of nitrogens with zero attached hydrogens (tertiary/aromatic N) is 4. The number of halogens is 1. The summed E-state index contributed by atoms with van der Waals surface area (Å²) in [6.45, 7) is 3.25. The van der Waals surface area contributed by atoms with Crippen LogP contribution in [0.2, 0.25) is 0 Å². The van der Waals surface area contributed by atoms with E-state index in [1.54, 1.807) is 48.8 Å². The molecule has 0 unspecified atom stereocenters. The van der Waals surface area contributed by atoms with Gasteiger partial charge in [0.2, 0.25) is 5.56 Å². The summed E-state index contributed by atoms with van der Waals surface area (Å²) >= 11 is 0. The standard InChI is InChI=1S/C21H19FN6O2/c1-21(2,30)9-8-15-25-18(23)17-20(26-15)28(14-6-7-16(29)24-11-14)19(27-17)12-4-3-5-13(22)10-12/h3-11,30H,1-2H3,(H,24,29)(H2,23,25,26). The molecular weight excluding hydrogens is 387 g/mol. The fourth-order valence-corrected chi connectivity index (χ4v) is 2.96. The van der Waals surface area contributed by atoms with E-state index in [1.807, 2.05) is 0 Å². The number of H-pyrrole nitrogens is 1. The highest BCUT2D eigenvalue weighted by atomic mass is 19.1. The number of hydrogen-bond donors (Lipinski definition) is 3. The molecule has 0 atom stereocenters. The minimum Gasteiger partial charge on any atom is -0.386 e. The lowest BCUT2D eigenvalue weighted by Gasteiger charge is -2.10. The molecule has 0 aliphatic carbocycles. The van der Waals surface area contributed by atoms with Crippen LogP contribution in [-0.4, -0.2) is 35.2 Å². The predicted molar refractivity (Wildman–Crippen MR) is 112 cm³/mol. The van der Waals surface area contributed by atoms with E-state index in [0.29, 0.717) is 28.2 Å². The van der Waals surface area contributed by atoms with Gasteiger partial charge in [-0.3, -0.25) is 9.36 Å². The van der Waals surface area contributed by atoms with Gasteiger partial charge < -0.3 is 15.8 Å². The third-order valence-electron chi connectivity index (χ3n) is 4.30. The van der Waals surface area contributed by atoms with E-state index >= 15 is 0 Å². The van der Waals surface area contributed by atoms with Crippen molar-refractivity contribution in [2.75, 3.05) is 5.73 Å². The fraction of sp³-hybridized carbons (Fsp3) is 0.143. The molecule has 8 nitrogen and oxygen atoms in total. The van der Waals surface area contributed by atoms with Crippen LogP contribution in [0.3, 0.4) is 0 Å². The Kier molecular flexibility index (Phi) is 4.67. The molecule has 0 amide bonds. The van der Waals surface area contributed by atoms with Gasteiger partial charge in [0.05, 0.1) is 11.3 Å². The zero-order valence-corrected chi connectivity index (χ0v) is 16.3. The van der Waals surface area contributed by atoms with Gasteiger partial charge in [0.25, 0.3) is 0 Å². The quantitative estimate of drug-likeness (QED) is 0.479. The first kappa shape index (κ1) is 19.5. The number of anilines is 1. The Morgan fingerprint density at radius 3 is 2.67 bits per heavy atom. The number of hydrogen-bond acceptors (Lipinski definition) is 6. The second-order valence-electron chi connectivity index (χ2n) is 7.32. The Hall–Kier alpha value is -3.85. The number of aliphatic hydroxyl groups is 1. The highest BCUT2D eigenvalue weighted by Gasteiger charge is 2.19. The number of aromatic nitrogens is 5. The molecule has 0 saturated carbocycles. The van der Waals surface area contributed by atoms with Crippen LogP contribution in [0.4, 0.5) is 10.2 Å². The average Bonchev–Trinajstić information content (AvgIpc) is 3.07. The number of aromatic amines is 1. The van der Waals surface area contributed by atoms with Crippen LogP contribution in [0.25, 0.3) is 34.3 Å². The highest BCUT2D eigenvalue weighted by Crippen LogP contribution is 2.29. The molecular formula is C21H19FN6O2. The third kappa shape index (κ3) is 3.83. The first-order chi connectivity index (χ1) is 14.2. The lowest BCUT2D eigenvalue weighted by atomic mass is 10.1. The van der Waals surface area contributed by atoms with Crippen molar-refractivity contribution < 1.29 is 9.50 Å². The number of nitrogens with one attached hydrogen (secondary N) is 1. The van der Waals surface area contributed by atoms with Crippen molar-refractivity contribution in [3.8, 4) is 17.1 Å². The largest absolute Gasteiger partial charge is 0.386 e. The zero-order valence-electron chi connectivity index (χ0n) is 16.3. The minimum atomic E-state index is -1.06. The number of nitrogens with two attached hydrogens (primary N) is 1. The van der Waals surface area contributed by atoms with E-state index < -0.39 is 11.4 Å². The number of nitrogen functional groups attached to an aromatic ring is 1. The van der Waals surface area contributed by atoms with Crippen LogP contribution in [-0.2, 0) is 0 Å². The maximum Gasteiger partial charge on any atom is 0.248 e. The molecule has 3 heterocycles. The molecule has 0 spiro atoms. The molecule has 0 radical (unpaired) electrons. The Morgan fingerprint density at radius 1 is 1.20 bits per heavy atom. The second kappa shape index (κ2) is 7.20. The van der Waals surface area contributed by atoms with Gasteiger partial charge in [0.15, 0.2) is 22.8 Å². The maximum atomic E-state index is 13.9. The summed E-state index contributed by atoms with van der Waals surface area (Å²) in [7, 11) is 0. The van der Waals surface area contributed by atoms with Crippen LogP contribution in [0.1, 0.15) is 19.7 Å². The summed E-state index contributed by atoms with van der Waals surface area (Å²) in [4.78, 5) is 27.5. The van der Waals surface area contributed by atoms with Gasteiger partial charge in [-0.25, -0.2) is 19.3 Å². The van der Waals surface area contributed by atoms with Crippen molar-refractivity contribution in [3.63, 3.8) is 0 Å². The number of pyridine rings is 1. The summed E-state index contributed by atoms with van der Waals surface area (Å²) in [5, 5.41) is 9.94. The summed E-state index contributed by atoms with van der Waals surface area (Å²) in [6.07, 6.45) is 4.61. The Labute approximate surface area is 170 Å². The molecule has 4 N–H and O–H groups in total. The van der Waals surface area contributed by atoms with Crippen LogP contribution >= 0.6 is 0 Å². The summed E-state index contributed by atoms with van der Waals surface area (Å²) in [6, 6.07) is 8.95. The van der Waals surface area contributed by atoms with Gasteiger partial charge in [0, 0.05) is 17.8 Å². The highest BCUT2D eigenvalue weighted by molar-refractivity contribution is 5.88. The molecule has 152 valence electrons. The first-order valence-electron chi connectivity index (χ1n) is 9.14. The third-order valence-corrected chi connectivity index (χ3v) is 4.30. The second-order valence-corrected chi connectivity index (χ2v) is 7.32. The van der Waals surface area contributed by atoms with Gasteiger partial charge in [-0.05, 0) is 44.2 Å². The lowest BCUT2D eigenvalue weighted by Crippen LogP contribution is -2.13. The molecule has 0 fully saturated rings. The fourth-order valence-electron chi connectivity index (χ4n) is 2.96. The minimum absolute atomic E-state index is 0.135. The van der Waals surface area contributed by atoms with Gasteiger partial charge in [-0.2, -0.15) is 0 Å². The van der Waals surface area contributed by atoms with E-state index in [4.69, 9.17) is 5.73 Å². The summed E-state index contributed by atoms with van der Waals surface area (Å²) in [5.74, 6) is 0.385. The smallest absolute Gasteiger partial charge is 0.248 e. The van der Waals surface area contributed by atoms with Crippen molar-refractivity contribution in [2.24, 2.45) is 0 Å². The Bertz CT molecular complexity index is 1310. The number of imidazole rings is 1. The summed E-state index contributed by atoms with van der Waals surface area (Å²) < 4.78 is 15.5. The molecule has 0 bridgehead atoms. The zero-order chi connectivity index (χ0) is 21.5. The number of benzene rings is 1. The molecule has 3 aromatic heterocycles. The molecule has 4 rings (SSSR count). The molecule has 0 aliphatic rings. The van der Waals surface area contributed by atoms with Crippen molar-refractivity contribution >= 4 is 23.1 Å². The Morgan fingerprint density at radius 2 is 2.00 bits per heavy atom. The average molecular weight is 406 g/mol. The van der Waals surface area contributed by atoms with Gasteiger partial charge in [-0.1, -0.05) is 12.1 Å². The molecule has 30 heavy (non-hydrogen) atoms. The maximum absolute atomic E-state index is 13.9. The van der Waals surface area contributed by atoms with E-state index in [2.05, 4.69) is 19.9 Å². The van der Waals surface area contributed by atoms with Crippen LogP contribution < -0.4 is 11.3 Å². The van der Waals surface area contributed by atoms with E-state index in [9.17, 15) is 14.3 Å². The number of fused-ring (bicyclic) bond motifs is 1. The van der Waals surface area contributed by atoms with E-state index in [-0.39, 0.29) is 17.2 Å². The SMILES string of the molecule is CC(C)(O)C=Cc1nc(N)c2nc(-c3cccc(F)c3)n(-c3ccc(=O)[nH]c3)c2n1. The first-order valence-corrected chi connectivity index (χ1v) is 9.14. The molecule has 0 aliphatic heterocycles. The van der Waals surface area contributed by atoms with Crippen molar-refractivity contribution in [2.45, 2.75) is 19.4 Å². The summed E-state index contributed by atoms with van der Waals surface area (Å²) in [5.41, 5.74) is 6.59. The van der Waals surface area contributed by atoms with Crippen molar-refractivity contribution in [1.29, 1.82) is 0 Å². The van der Waals surface area contributed by atoms with Crippen LogP contribution in [0.5, 0.6) is 0 Å². The topological polar surface area (TPSA) is 123 Å². The monoisotopic (exact) mass is 406 g/mol. The Balaban J connectivity index is 2.02. The lowest BCUT2D eigenvalue weighted by molar-refractivity contribution is 0.134. The van der Waals surface area contributed by atoms with Gasteiger partial charge in [-0.15, -0.1) is 0 Å². The van der Waals surface area contributed by atoms with E-state index in [0.717, 1.165) is 0 Å². The van der Waals surface area contributed by atoms with Gasteiger partial charge >= 0.3 is 0 Å². The predicted octanol–water partition coefficient (Wildman–Crippen LogP) is 2.68. The normalized spacial score (nSPS) is 12.1. The van der Waals surface area contributed by atoms with Crippen LogP contribution in [0.15, 0.2) is 53.5 Å². The van der Waals surface area contributed by atoms with Crippen molar-refractivity contribution in [1.82, 2.24) is 24.5 Å². The van der Waals surface area contributed by atoms with Crippen molar-refractivity contribution in [3.05, 3.63) is 70.7 Å². The molecule has 4 aromatic rings. The van der Waals surface area contributed by atoms with E-state index in [1.165, 1.54) is 24.4 Å². The molecule has 9 heteroatoms. The number of rotatable bonds is 4.